The van der Waals surface area contributed by atoms with Crippen molar-refractivity contribution in [2.45, 2.75) is 26.9 Å². The Morgan fingerprint density at radius 2 is 1.86 bits per heavy atom. The Hall–Kier alpha value is -2.34. The van der Waals surface area contributed by atoms with E-state index >= 15 is 0 Å². The van der Waals surface area contributed by atoms with Crippen molar-refractivity contribution in [3.8, 4) is 5.75 Å². The minimum Gasteiger partial charge on any atom is -0.491 e. The van der Waals surface area contributed by atoms with E-state index in [1.165, 1.54) is 0 Å². The van der Waals surface area contributed by atoms with Gasteiger partial charge in [0.1, 0.15) is 10.9 Å². The van der Waals surface area contributed by atoms with Crippen molar-refractivity contribution in [3.05, 3.63) is 41.2 Å². The van der Waals surface area contributed by atoms with Crippen molar-refractivity contribution < 1.29 is 9.53 Å². The Morgan fingerprint density at radius 3 is 2.45 bits per heavy atom. The molecule has 0 radical (unpaired) electrons. The SMILES string of the molecule is Cc1cc(Cl)nc(NC(=O)Nc2ccc(OC(C)C)cc2)n1. The molecule has 1 heterocycles. The number of anilines is 2. The van der Waals surface area contributed by atoms with Gasteiger partial charge in [-0.2, -0.15) is 0 Å². The fourth-order valence-corrected chi connectivity index (χ4v) is 1.98. The Labute approximate surface area is 133 Å². The van der Waals surface area contributed by atoms with E-state index in [9.17, 15) is 4.79 Å². The van der Waals surface area contributed by atoms with Crippen LogP contribution in [0.3, 0.4) is 0 Å². The molecule has 0 bridgehead atoms. The van der Waals surface area contributed by atoms with Crippen molar-refractivity contribution in [2.75, 3.05) is 10.6 Å². The van der Waals surface area contributed by atoms with Gasteiger partial charge in [-0.25, -0.2) is 14.8 Å². The van der Waals surface area contributed by atoms with Gasteiger partial charge in [0.05, 0.1) is 6.10 Å². The van der Waals surface area contributed by atoms with Crippen LogP contribution >= 0.6 is 11.6 Å². The van der Waals surface area contributed by atoms with Gasteiger partial charge in [0, 0.05) is 11.4 Å². The molecule has 22 heavy (non-hydrogen) atoms. The number of hydrogen-bond donors (Lipinski definition) is 2. The maximum atomic E-state index is 11.9. The highest BCUT2D eigenvalue weighted by atomic mass is 35.5. The number of halogens is 1. The third kappa shape index (κ3) is 4.89. The minimum atomic E-state index is -0.445. The monoisotopic (exact) mass is 320 g/mol. The number of benzene rings is 1. The fraction of sp³-hybridized carbons (Fsp3) is 0.267. The number of aromatic nitrogens is 2. The number of ether oxygens (including phenoxy) is 1. The van der Waals surface area contributed by atoms with E-state index in [1.807, 2.05) is 13.8 Å². The van der Waals surface area contributed by atoms with E-state index < -0.39 is 6.03 Å². The molecule has 2 amide bonds. The Balaban J connectivity index is 1.96. The zero-order valence-corrected chi connectivity index (χ0v) is 13.3. The van der Waals surface area contributed by atoms with Crippen molar-refractivity contribution in [3.63, 3.8) is 0 Å². The van der Waals surface area contributed by atoms with Gasteiger partial charge >= 0.3 is 6.03 Å². The molecule has 2 N–H and O–H groups in total. The minimum absolute atomic E-state index is 0.102. The fourth-order valence-electron chi connectivity index (χ4n) is 1.74. The first-order chi connectivity index (χ1) is 10.4. The Kier molecular flexibility index (Phi) is 5.16. The second-order valence-corrected chi connectivity index (χ2v) is 5.31. The summed E-state index contributed by atoms with van der Waals surface area (Å²) in [5.74, 6) is 0.900. The number of hydrogen-bond acceptors (Lipinski definition) is 4. The molecular formula is C15H17ClN4O2. The lowest BCUT2D eigenvalue weighted by Gasteiger charge is -2.11. The van der Waals surface area contributed by atoms with E-state index in [1.54, 1.807) is 37.3 Å². The summed E-state index contributed by atoms with van der Waals surface area (Å²) in [6.45, 7) is 5.67. The molecule has 0 aliphatic rings. The van der Waals surface area contributed by atoms with Crippen LogP contribution in [0.5, 0.6) is 5.75 Å². The van der Waals surface area contributed by atoms with Gasteiger partial charge in [-0.3, -0.25) is 5.32 Å². The van der Waals surface area contributed by atoms with Crippen LogP contribution < -0.4 is 15.4 Å². The molecule has 1 aromatic heterocycles. The van der Waals surface area contributed by atoms with Gasteiger partial charge in [0.15, 0.2) is 0 Å². The van der Waals surface area contributed by atoms with E-state index in [0.29, 0.717) is 11.4 Å². The van der Waals surface area contributed by atoms with Gasteiger partial charge in [0.25, 0.3) is 0 Å². The molecule has 0 saturated heterocycles. The van der Waals surface area contributed by atoms with Crippen molar-refractivity contribution >= 4 is 29.3 Å². The molecule has 0 fully saturated rings. The smallest absolute Gasteiger partial charge is 0.326 e. The number of nitrogens with zero attached hydrogens (tertiary/aromatic N) is 2. The van der Waals surface area contributed by atoms with E-state index in [2.05, 4.69) is 20.6 Å². The largest absolute Gasteiger partial charge is 0.491 e. The Morgan fingerprint density at radius 1 is 1.18 bits per heavy atom. The van der Waals surface area contributed by atoms with Gasteiger partial charge < -0.3 is 10.1 Å². The lowest BCUT2D eigenvalue weighted by Crippen LogP contribution is -2.21. The van der Waals surface area contributed by atoms with E-state index in [0.717, 1.165) is 5.75 Å². The van der Waals surface area contributed by atoms with E-state index in [-0.39, 0.29) is 17.2 Å². The van der Waals surface area contributed by atoms with Crippen molar-refractivity contribution in [1.29, 1.82) is 0 Å². The molecule has 1 aromatic carbocycles. The summed E-state index contributed by atoms with van der Waals surface area (Å²) in [6.07, 6.45) is 0.102. The van der Waals surface area contributed by atoms with Crippen LogP contribution in [0.4, 0.5) is 16.4 Å². The van der Waals surface area contributed by atoms with Crippen LogP contribution in [-0.2, 0) is 0 Å². The highest BCUT2D eigenvalue weighted by molar-refractivity contribution is 6.29. The quantitative estimate of drug-likeness (QED) is 0.838. The first kappa shape index (κ1) is 16.0. The highest BCUT2D eigenvalue weighted by Crippen LogP contribution is 2.17. The van der Waals surface area contributed by atoms with Crippen LogP contribution in [0.2, 0.25) is 5.15 Å². The summed E-state index contributed by atoms with van der Waals surface area (Å²) in [7, 11) is 0. The van der Waals surface area contributed by atoms with Gasteiger partial charge in [-0.1, -0.05) is 11.6 Å². The molecule has 0 atom stereocenters. The third-order valence-electron chi connectivity index (χ3n) is 2.53. The average Bonchev–Trinajstić information content (AvgIpc) is 2.39. The average molecular weight is 321 g/mol. The Bertz CT molecular complexity index is 639. The third-order valence-corrected chi connectivity index (χ3v) is 2.73. The predicted molar refractivity (Wildman–Crippen MR) is 86.6 cm³/mol. The maximum Gasteiger partial charge on any atom is 0.326 e. The zero-order valence-electron chi connectivity index (χ0n) is 12.6. The first-order valence-corrected chi connectivity index (χ1v) is 7.16. The first-order valence-electron chi connectivity index (χ1n) is 6.78. The molecule has 0 aliphatic carbocycles. The van der Waals surface area contributed by atoms with Crippen LogP contribution in [0, 0.1) is 6.92 Å². The van der Waals surface area contributed by atoms with Crippen LogP contribution in [-0.4, -0.2) is 22.1 Å². The molecule has 0 aliphatic heterocycles. The van der Waals surface area contributed by atoms with Crippen LogP contribution in [0.25, 0.3) is 0 Å². The number of urea groups is 1. The standard InChI is InChI=1S/C15H17ClN4O2/c1-9(2)22-12-6-4-11(5-7-12)18-15(21)20-14-17-10(3)8-13(16)19-14/h4-9H,1-3H3,(H2,17,18,19,20,21). The summed E-state index contributed by atoms with van der Waals surface area (Å²) in [5, 5.41) is 5.49. The molecule has 116 valence electrons. The number of aryl methyl sites for hydroxylation is 1. The van der Waals surface area contributed by atoms with Gasteiger partial charge in [-0.05, 0) is 51.1 Å². The summed E-state index contributed by atoms with van der Waals surface area (Å²) < 4.78 is 5.53. The molecule has 2 aromatic rings. The number of rotatable bonds is 4. The predicted octanol–water partition coefficient (Wildman–Crippen LogP) is 3.87. The molecule has 0 saturated carbocycles. The number of carbonyl (C=O) groups is 1. The van der Waals surface area contributed by atoms with Crippen molar-refractivity contribution in [2.24, 2.45) is 0 Å². The summed E-state index contributed by atoms with van der Waals surface area (Å²) in [4.78, 5) is 19.9. The van der Waals surface area contributed by atoms with Crippen molar-refractivity contribution in [1.82, 2.24) is 9.97 Å². The van der Waals surface area contributed by atoms with E-state index in [4.69, 9.17) is 16.3 Å². The highest BCUT2D eigenvalue weighted by Gasteiger charge is 2.07. The molecular weight excluding hydrogens is 304 g/mol. The summed E-state index contributed by atoms with van der Waals surface area (Å²) in [6, 6.07) is 8.24. The molecule has 0 unspecified atom stereocenters. The normalized spacial score (nSPS) is 10.4. The maximum absolute atomic E-state index is 11.9. The number of carbonyl (C=O) groups excluding carboxylic acids is 1. The molecule has 7 heteroatoms. The van der Waals surface area contributed by atoms with Gasteiger partial charge in [0.2, 0.25) is 5.95 Å². The van der Waals surface area contributed by atoms with Crippen LogP contribution in [0.1, 0.15) is 19.5 Å². The van der Waals surface area contributed by atoms with Crippen LogP contribution in [0.15, 0.2) is 30.3 Å². The molecule has 2 rings (SSSR count). The number of nitrogens with one attached hydrogen (secondary N) is 2. The second-order valence-electron chi connectivity index (χ2n) is 4.93. The summed E-state index contributed by atoms with van der Waals surface area (Å²) in [5.41, 5.74) is 1.30. The topological polar surface area (TPSA) is 76.1 Å². The molecule has 0 spiro atoms. The second kappa shape index (κ2) is 7.09. The van der Waals surface area contributed by atoms with Gasteiger partial charge in [-0.15, -0.1) is 0 Å². The summed E-state index contributed by atoms with van der Waals surface area (Å²) >= 11 is 5.82. The zero-order chi connectivity index (χ0) is 16.1. The lowest BCUT2D eigenvalue weighted by molar-refractivity contribution is 0.242. The number of amides is 2. The lowest BCUT2D eigenvalue weighted by atomic mass is 10.3. The molecule has 6 nitrogen and oxygen atoms in total.